The lowest BCUT2D eigenvalue weighted by molar-refractivity contribution is -0.140. The van der Waals surface area contributed by atoms with Gasteiger partial charge in [-0.2, -0.15) is 0 Å². The van der Waals surface area contributed by atoms with Gasteiger partial charge < -0.3 is 10.0 Å². The minimum Gasteiger partial charge on any atom is -0.481 e. The predicted octanol–water partition coefficient (Wildman–Crippen LogP) is 3.87. The Hall–Kier alpha value is -2.42. The third-order valence-electron chi connectivity index (χ3n) is 3.52. The lowest BCUT2D eigenvalue weighted by atomic mass is 10.2. The summed E-state index contributed by atoms with van der Waals surface area (Å²) in [7, 11) is 0. The Morgan fingerprint density at radius 3 is 2.62 bits per heavy atom. The Kier molecular flexibility index (Phi) is 6.73. The zero-order chi connectivity index (χ0) is 19.3. The van der Waals surface area contributed by atoms with E-state index in [1.165, 1.54) is 4.90 Å². The summed E-state index contributed by atoms with van der Waals surface area (Å²) in [5.41, 5.74) is -0.412. The van der Waals surface area contributed by atoms with Gasteiger partial charge in [-0.05, 0) is 6.42 Å². The van der Waals surface area contributed by atoms with Gasteiger partial charge in [0.25, 0.3) is 0 Å². The van der Waals surface area contributed by atoms with Crippen molar-refractivity contribution in [3.63, 3.8) is 0 Å². The lowest BCUT2D eigenvalue weighted by Gasteiger charge is -2.19. The molecule has 0 radical (unpaired) electrons. The molecule has 1 amide bonds. The first-order valence-electron chi connectivity index (χ1n) is 7.91. The number of amides is 1. The third kappa shape index (κ3) is 4.81. The van der Waals surface area contributed by atoms with Gasteiger partial charge in [0.1, 0.15) is 16.3 Å². The number of halogens is 3. The number of fused-ring (bicyclic) bond motifs is 1. The van der Waals surface area contributed by atoms with E-state index in [0.717, 1.165) is 17.8 Å². The first kappa shape index (κ1) is 19.9. The molecule has 5 nitrogen and oxygen atoms in total. The molecule has 140 valence electrons. The average Bonchev–Trinajstić information content (AvgIpc) is 3.01. The van der Waals surface area contributed by atoms with E-state index >= 15 is 0 Å². The van der Waals surface area contributed by atoms with E-state index in [1.807, 2.05) is 13.0 Å². The Bertz CT molecular complexity index is 851. The molecule has 2 aromatic rings. The van der Waals surface area contributed by atoms with Gasteiger partial charge in [0.05, 0.1) is 17.7 Å². The number of rotatable bonds is 8. The highest BCUT2D eigenvalue weighted by Gasteiger charge is 2.20. The van der Waals surface area contributed by atoms with Gasteiger partial charge in [-0.1, -0.05) is 19.1 Å². The molecular formula is C17H17F3N2O3S. The van der Waals surface area contributed by atoms with Gasteiger partial charge in [-0.15, -0.1) is 11.3 Å². The molecule has 0 fully saturated rings. The zero-order valence-corrected chi connectivity index (χ0v) is 14.8. The number of carboxylic acid groups (broad SMARTS) is 1. The zero-order valence-electron chi connectivity index (χ0n) is 14.0. The van der Waals surface area contributed by atoms with E-state index in [-0.39, 0.29) is 35.6 Å². The molecule has 1 aromatic carbocycles. The summed E-state index contributed by atoms with van der Waals surface area (Å²) in [6, 6.07) is 0.458. The number of thiazole rings is 1. The van der Waals surface area contributed by atoms with Crippen LogP contribution < -0.4 is 0 Å². The Labute approximate surface area is 151 Å². The summed E-state index contributed by atoms with van der Waals surface area (Å²) in [6.07, 6.45) is 3.82. The largest absolute Gasteiger partial charge is 0.481 e. The number of hydrogen-bond acceptors (Lipinski definition) is 4. The minimum atomic E-state index is -1.33. The highest BCUT2D eigenvalue weighted by atomic mass is 32.1. The van der Waals surface area contributed by atoms with Crippen LogP contribution in [0.1, 0.15) is 31.2 Å². The van der Waals surface area contributed by atoms with Crippen molar-refractivity contribution in [1.82, 2.24) is 9.88 Å². The molecule has 1 aromatic heterocycles. The molecule has 0 unspecified atom stereocenters. The molecular weight excluding hydrogens is 369 g/mol. The molecule has 0 aliphatic rings. The van der Waals surface area contributed by atoms with Crippen LogP contribution in [-0.4, -0.2) is 33.4 Å². The number of carboxylic acids is 1. The molecule has 0 aliphatic heterocycles. The van der Waals surface area contributed by atoms with Crippen molar-refractivity contribution >= 4 is 33.4 Å². The second kappa shape index (κ2) is 8.79. The maximum absolute atomic E-state index is 13.8. The number of benzene rings is 1. The molecule has 0 saturated carbocycles. The van der Waals surface area contributed by atoms with E-state index in [9.17, 15) is 22.8 Å². The molecule has 9 heteroatoms. The summed E-state index contributed by atoms with van der Waals surface area (Å²) in [4.78, 5) is 28.2. The van der Waals surface area contributed by atoms with Gasteiger partial charge >= 0.3 is 5.97 Å². The molecule has 2 rings (SSSR count). The van der Waals surface area contributed by atoms with Crippen LogP contribution in [0.2, 0.25) is 0 Å². The van der Waals surface area contributed by atoms with Crippen molar-refractivity contribution in [1.29, 1.82) is 0 Å². The monoisotopic (exact) mass is 386 g/mol. The van der Waals surface area contributed by atoms with Crippen LogP contribution in [0.15, 0.2) is 18.2 Å². The van der Waals surface area contributed by atoms with Crippen LogP contribution >= 0.6 is 11.3 Å². The number of nitrogens with zero attached hydrogens (tertiary/aromatic N) is 2. The van der Waals surface area contributed by atoms with E-state index in [1.54, 1.807) is 6.08 Å². The fraction of sp³-hybridized carbons (Fsp3) is 0.353. The molecule has 1 heterocycles. The fourth-order valence-electron chi connectivity index (χ4n) is 2.25. The van der Waals surface area contributed by atoms with E-state index in [2.05, 4.69) is 4.98 Å². The molecule has 26 heavy (non-hydrogen) atoms. The second-order valence-electron chi connectivity index (χ2n) is 5.49. The SMILES string of the molecule is CCC=CCN(Cc1nc2c(F)c(F)cc(F)c2s1)C(=O)CCC(=O)O. The summed E-state index contributed by atoms with van der Waals surface area (Å²) in [5.74, 6) is -5.00. The van der Waals surface area contributed by atoms with Crippen LogP contribution in [-0.2, 0) is 16.1 Å². The number of carbonyl (C=O) groups is 2. The highest BCUT2D eigenvalue weighted by Crippen LogP contribution is 2.29. The quantitative estimate of drug-likeness (QED) is 0.552. The van der Waals surface area contributed by atoms with Gasteiger partial charge in [0.2, 0.25) is 5.91 Å². The molecule has 1 N–H and O–H groups in total. The first-order valence-corrected chi connectivity index (χ1v) is 8.72. The van der Waals surface area contributed by atoms with Crippen LogP contribution in [0.3, 0.4) is 0 Å². The van der Waals surface area contributed by atoms with Gasteiger partial charge in [0, 0.05) is 19.0 Å². The Morgan fingerprint density at radius 2 is 1.96 bits per heavy atom. The average molecular weight is 386 g/mol. The maximum atomic E-state index is 13.8. The molecule has 0 saturated heterocycles. The molecule has 0 spiro atoms. The van der Waals surface area contributed by atoms with Gasteiger partial charge in [0.15, 0.2) is 11.6 Å². The summed E-state index contributed by atoms with van der Waals surface area (Å²) in [5, 5.41) is 8.95. The smallest absolute Gasteiger partial charge is 0.303 e. The second-order valence-corrected chi connectivity index (χ2v) is 6.57. The van der Waals surface area contributed by atoms with E-state index in [4.69, 9.17) is 5.11 Å². The number of aromatic nitrogens is 1. The normalized spacial score (nSPS) is 11.4. The maximum Gasteiger partial charge on any atom is 0.303 e. The van der Waals surface area contributed by atoms with Crippen molar-refractivity contribution in [2.75, 3.05) is 6.54 Å². The standard InChI is InChI=1S/C17H17F3N2O3S/c1-2-3-4-7-22(13(23)5-6-14(24)25)9-12-21-16-15(20)10(18)8-11(19)17(16)26-12/h3-4,8H,2,5-7,9H2,1H3,(H,24,25). The summed E-state index contributed by atoms with van der Waals surface area (Å²) in [6.45, 7) is 2.08. The highest BCUT2D eigenvalue weighted by molar-refractivity contribution is 7.18. The van der Waals surface area contributed by atoms with Crippen molar-refractivity contribution in [2.24, 2.45) is 0 Å². The summed E-state index contributed by atoms with van der Waals surface area (Å²) >= 11 is 0.829. The molecule has 0 aliphatic carbocycles. The van der Waals surface area contributed by atoms with Crippen LogP contribution in [0.5, 0.6) is 0 Å². The minimum absolute atomic E-state index is 0.0493. The fourth-order valence-corrected chi connectivity index (χ4v) is 3.24. The van der Waals surface area contributed by atoms with Gasteiger partial charge in [-0.3, -0.25) is 9.59 Å². The molecule has 0 atom stereocenters. The summed E-state index contributed by atoms with van der Waals surface area (Å²) < 4.78 is 40.8. The van der Waals surface area contributed by atoms with E-state index < -0.39 is 34.8 Å². The van der Waals surface area contributed by atoms with Crippen molar-refractivity contribution < 1.29 is 27.9 Å². The number of hydrogen-bond donors (Lipinski definition) is 1. The Balaban J connectivity index is 2.26. The number of carbonyl (C=O) groups excluding carboxylic acids is 1. The van der Waals surface area contributed by atoms with Crippen LogP contribution in [0.4, 0.5) is 13.2 Å². The number of allylic oxidation sites excluding steroid dienone is 1. The topological polar surface area (TPSA) is 70.5 Å². The predicted molar refractivity (Wildman–Crippen MR) is 91.2 cm³/mol. The van der Waals surface area contributed by atoms with E-state index in [0.29, 0.717) is 6.07 Å². The van der Waals surface area contributed by atoms with Crippen molar-refractivity contribution in [2.45, 2.75) is 32.7 Å². The molecule has 0 bridgehead atoms. The van der Waals surface area contributed by atoms with Crippen molar-refractivity contribution in [3.05, 3.63) is 40.7 Å². The Morgan fingerprint density at radius 1 is 1.23 bits per heavy atom. The number of aliphatic carboxylic acids is 1. The van der Waals surface area contributed by atoms with Crippen molar-refractivity contribution in [3.8, 4) is 0 Å². The lowest BCUT2D eigenvalue weighted by Crippen LogP contribution is -2.31. The van der Waals surface area contributed by atoms with Gasteiger partial charge in [-0.25, -0.2) is 18.2 Å². The van der Waals surface area contributed by atoms with Crippen LogP contribution in [0, 0.1) is 17.5 Å². The van der Waals surface area contributed by atoms with Crippen LogP contribution in [0.25, 0.3) is 10.2 Å². The third-order valence-corrected chi connectivity index (χ3v) is 4.57. The first-order chi connectivity index (χ1) is 12.3.